The Morgan fingerprint density at radius 2 is 1.91 bits per heavy atom. The second-order valence-electron chi connectivity index (χ2n) is 7.94. The molecule has 1 N–H and O–H groups in total. The van der Waals surface area contributed by atoms with E-state index < -0.39 is 0 Å². The van der Waals surface area contributed by atoms with Crippen molar-refractivity contribution in [1.82, 2.24) is 9.55 Å². The number of aromatic nitrogens is 2. The van der Waals surface area contributed by atoms with Crippen LogP contribution in [0, 0.1) is 34.6 Å². The summed E-state index contributed by atoms with van der Waals surface area (Å²) in [5.41, 5.74) is 4.89. The first kappa shape index (κ1) is 22.4. The molecule has 3 aromatic heterocycles. The van der Waals surface area contributed by atoms with E-state index in [1.54, 1.807) is 16.9 Å². The number of carbonyl (C=O) groups is 1. The minimum Gasteiger partial charge on any atom is -0.467 e. The van der Waals surface area contributed by atoms with Crippen LogP contribution in [0.4, 0.5) is 5.69 Å². The molecule has 6 nitrogen and oxygen atoms in total. The Morgan fingerprint density at radius 3 is 2.56 bits per heavy atom. The number of rotatable bonds is 6. The van der Waals surface area contributed by atoms with E-state index in [9.17, 15) is 9.59 Å². The van der Waals surface area contributed by atoms with Crippen LogP contribution < -0.4 is 10.9 Å². The van der Waals surface area contributed by atoms with Gasteiger partial charge in [-0.25, -0.2) is 4.98 Å². The van der Waals surface area contributed by atoms with Crippen LogP contribution in [0.1, 0.15) is 32.9 Å². The number of anilines is 1. The lowest BCUT2D eigenvalue weighted by Gasteiger charge is -2.14. The van der Waals surface area contributed by atoms with E-state index >= 15 is 0 Å². The Labute approximate surface area is 194 Å². The predicted octanol–water partition coefficient (Wildman–Crippen LogP) is 5.37. The van der Waals surface area contributed by atoms with Crippen molar-refractivity contribution in [2.24, 2.45) is 0 Å². The van der Waals surface area contributed by atoms with E-state index in [-0.39, 0.29) is 23.8 Å². The summed E-state index contributed by atoms with van der Waals surface area (Å²) in [6, 6.07) is 7.72. The van der Waals surface area contributed by atoms with Gasteiger partial charge >= 0.3 is 0 Å². The number of hydrogen-bond donors (Lipinski definition) is 1. The fourth-order valence-electron chi connectivity index (χ4n) is 3.80. The smallest absolute Gasteiger partial charge is 0.263 e. The molecule has 0 atom stereocenters. The van der Waals surface area contributed by atoms with E-state index in [0.29, 0.717) is 21.1 Å². The van der Waals surface area contributed by atoms with Crippen molar-refractivity contribution in [3.63, 3.8) is 0 Å². The molecular weight excluding hydrogens is 442 g/mol. The molecule has 0 spiro atoms. The van der Waals surface area contributed by atoms with Crippen LogP contribution in [-0.4, -0.2) is 21.2 Å². The highest BCUT2D eigenvalue weighted by Gasteiger charge is 2.19. The van der Waals surface area contributed by atoms with Crippen LogP contribution in [0.25, 0.3) is 10.2 Å². The molecule has 1 amide bonds. The zero-order valence-electron chi connectivity index (χ0n) is 18.7. The van der Waals surface area contributed by atoms with Gasteiger partial charge in [0.1, 0.15) is 10.6 Å². The van der Waals surface area contributed by atoms with Gasteiger partial charge in [0, 0.05) is 10.6 Å². The summed E-state index contributed by atoms with van der Waals surface area (Å²) in [5, 5.41) is 4.16. The fourth-order valence-corrected chi connectivity index (χ4v) is 5.67. The monoisotopic (exact) mass is 467 g/mol. The van der Waals surface area contributed by atoms with E-state index in [0.717, 1.165) is 32.8 Å². The summed E-state index contributed by atoms with van der Waals surface area (Å²) in [6.07, 6.45) is 1.58. The lowest BCUT2D eigenvalue weighted by molar-refractivity contribution is -0.113. The topological polar surface area (TPSA) is 77.1 Å². The number of furan rings is 1. The number of amides is 1. The molecule has 0 aliphatic carbocycles. The Morgan fingerprint density at radius 1 is 1.19 bits per heavy atom. The Hall–Kier alpha value is -2.84. The standard InChI is InChI=1S/C24H25N3O3S2/c1-13-9-14(2)21(15(3)10-13)25-19(28)12-31-24-26-22-20(16(4)17(5)32-22)23(29)27(24)11-18-7-6-8-30-18/h6-10H,11-12H2,1-5H3,(H,25,28). The zero-order chi connectivity index (χ0) is 23.0. The summed E-state index contributed by atoms with van der Waals surface area (Å²) in [7, 11) is 0. The molecule has 1 aromatic carbocycles. The third kappa shape index (κ3) is 4.38. The van der Waals surface area contributed by atoms with Gasteiger partial charge in [-0.1, -0.05) is 29.5 Å². The normalized spacial score (nSPS) is 11.3. The van der Waals surface area contributed by atoms with Gasteiger partial charge in [-0.15, -0.1) is 11.3 Å². The van der Waals surface area contributed by atoms with Crippen molar-refractivity contribution in [3.8, 4) is 0 Å². The van der Waals surface area contributed by atoms with Crippen molar-refractivity contribution in [2.45, 2.75) is 46.3 Å². The van der Waals surface area contributed by atoms with E-state index in [1.165, 1.54) is 23.1 Å². The highest BCUT2D eigenvalue weighted by Crippen LogP contribution is 2.29. The summed E-state index contributed by atoms with van der Waals surface area (Å²) in [5.74, 6) is 0.671. The van der Waals surface area contributed by atoms with Crippen LogP contribution in [0.5, 0.6) is 0 Å². The second-order valence-corrected chi connectivity index (χ2v) is 10.1. The van der Waals surface area contributed by atoms with Gasteiger partial charge in [-0.3, -0.25) is 14.2 Å². The first-order valence-corrected chi connectivity index (χ1v) is 12.1. The molecule has 0 aliphatic rings. The summed E-state index contributed by atoms with van der Waals surface area (Å²) in [6.45, 7) is 10.2. The number of thiophene rings is 1. The average Bonchev–Trinajstić information content (AvgIpc) is 3.33. The van der Waals surface area contributed by atoms with E-state index in [1.807, 2.05) is 52.8 Å². The Bertz CT molecular complexity index is 1340. The van der Waals surface area contributed by atoms with E-state index in [4.69, 9.17) is 9.40 Å². The molecule has 8 heteroatoms. The highest BCUT2D eigenvalue weighted by atomic mass is 32.2. The summed E-state index contributed by atoms with van der Waals surface area (Å²) >= 11 is 2.76. The molecule has 0 aliphatic heterocycles. The molecule has 32 heavy (non-hydrogen) atoms. The quantitative estimate of drug-likeness (QED) is 0.305. The largest absolute Gasteiger partial charge is 0.467 e. The number of thioether (sulfide) groups is 1. The maximum atomic E-state index is 13.3. The van der Waals surface area contributed by atoms with Gasteiger partial charge in [0.15, 0.2) is 5.16 Å². The maximum Gasteiger partial charge on any atom is 0.263 e. The van der Waals surface area contributed by atoms with E-state index in [2.05, 4.69) is 5.32 Å². The van der Waals surface area contributed by atoms with Crippen molar-refractivity contribution in [1.29, 1.82) is 0 Å². The number of hydrogen-bond acceptors (Lipinski definition) is 6. The molecule has 0 fully saturated rings. The predicted molar refractivity (Wildman–Crippen MR) is 131 cm³/mol. The van der Waals surface area contributed by atoms with Crippen LogP contribution in [-0.2, 0) is 11.3 Å². The molecule has 0 saturated heterocycles. The molecular formula is C24H25N3O3S2. The van der Waals surface area contributed by atoms with Gasteiger partial charge < -0.3 is 9.73 Å². The van der Waals surface area contributed by atoms with Crippen LogP contribution in [0.15, 0.2) is 44.9 Å². The van der Waals surface area contributed by atoms with Gasteiger partial charge in [-0.2, -0.15) is 0 Å². The third-order valence-corrected chi connectivity index (χ3v) is 7.50. The first-order chi connectivity index (χ1) is 15.2. The van der Waals surface area contributed by atoms with Crippen molar-refractivity contribution < 1.29 is 9.21 Å². The molecule has 0 unspecified atom stereocenters. The number of aryl methyl sites for hydroxylation is 5. The molecule has 3 heterocycles. The van der Waals surface area contributed by atoms with Crippen LogP contribution in [0.2, 0.25) is 0 Å². The molecule has 166 valence electrons. The maximum absolute atomic E-state index is 13.3. The van der Waals surface area contributed by atoms with Gasteiger partial charge in [0.25, 0.3) is 5.56 Å². The van der Waals surface area contributed by atoms with Gasteiger partial charge in [-0.05, 0) is 63.4 Å². The van der Waals surface area contributed by atoms with Crippen molar-refractivity contribution in [3.05, 3.63) is 73.8 Å². The summed E-state index contributed by atoms with van der Waals surface area (Å²) < 4.78 is 7.06. The van der Waals surface area contributed by atoms with Crippen molar-refractivity contribution in [2.75, 3.05) is 11.1 Å². The highest BCUT2D eigenvalue weighted by molar-refractivity contribution is 7.99. The minimum absolute atomic E-state index is 0.110. The Balaban J connectivity index is 1.63. The number of benzene rings is 1. The molecule has 4 aromatic rings. The number of nitrogens with zero attached hydrogens (tertiary/aromatic N) is 2. The number of fused-ring (bicyclic) bond motifs is 1. The SMILES string of the molecule is Cc1cc(C)c(NC(=O)CSc2nc3sc(C)c(C)c3c(=O)n2Cc2ccco2)c(C)c1. The average molecular weight is 468 g/mol. The van der Waals surface area contributed by atoms with Crippen LogP contribution in [0.3, 0.4) is 0 Å². The van der Waals surface area contributed by atoms with Gasteiger partial charge in [0.2, 0.25) is 5.91 Å². The number of nitrogens with one attached hydrogen (secondary N) is 1. The molecule has 4 rings (SSSR count). The molecule has 0 radical (unpaired) electrons. The third-order valence-electron chi connectivity index (χ3n) is 5.42. The Kier molecular flexibility index (Phi) is 6.26. The second kappa shape index (κ2) is 8.96. The van der Waals surface area contributed by atoms with Crippen molar-refractivity contribution >= 4 is 44.9 Å². The fraction of sp³-hybridized carbons (Fsp3) is 0.292. The van der Waals surface area contributed by atoms with Crippen LogP contribution >= 0.6 is 23.1 Å². The lowest BCUT2D eigenvalue weighted by Crippen LogP contribution is -2.24. The first-order valence-electron chi connectivity index (χ1n) is 10.3. The minimum atomic E-state index is -0.137. The lowest BCUT2D eigenvalue weighted by atomic mass is 10.1. The molecule has 0 bridgehead atoms. The zero-order valence-corrected chi connectivity index (χ0v) is 20.4. The van der Waals surface area contributed by atoms with Gasteiger partial charge in [0.05, 0.1) is 23.9 Å². The number of carbonyl (C=O) groups excluding carboxylic acids is 1. The summed E-state index contributed by atoms with van der Waals surface area (Å²) in [4.78, 5) is 32.6. The molecule has 0 saturated carbocycles.